The molecule has 0 fully saturated rings. The molecule has 0 aliphatic heterocycles. The standard InChI is InChI=1S/C24H26O10/c25-20(26)12-7-13-24(21(27)28,16-33-22(29)31-14-18-8-3-1-4-9-18)17-34-23(30)32-15-19-10-5-2-6-11-19/h1-6,8-11H,7,12-17H2,(H,25,26)(H,27,28). The number of hydrogen-bond acceptors (Lipinski definition) is 8. The second-order valence-electron chi connectivity index (χ2n) is 7.46. The molecule has 0 amide bonds. The molecule has 0 radical (unpaired) electrons. The van der Waals surface area contributed by atoms with E-state index in [4.69, 9.17) is 24.1 Å². The molecule has 0 saturated carbocycles. The third-order valence-corrected chi connectivity index (χ3v) is 4.83. The third-order valence-electron chi connectivity index (χ3n) is 4.83. The summed E-state index contributed by atoms with van der Waals surface area (Å²) in [7, 11) is 0. The summed E-state index contributed by atoms with van der Waals surface area (Å²) >= 11 is 0. The topological polar surface area (TPSA) is 146 Å². The zero-order valence-corrected chi connectivity index (χ0v) is 18.4. The fourth-order valence-corrected chi connectivity index (χ4v) is 2.90. The minimum atomic E-state index is -1.88. The van der Waals surface area contributed by atoms with Gasteiger partial charge in [0.25, 0.3) is 0 Å². The van der Waals surface area contributed by atoms with Crippen molar-refractivity contribution in [3.8, 4) is 0 Å². The van der Waals surface area contributed by atoms with Gasteiger partial charge in [-0.25, -0.2) is 9.59 Å². The molecule has 2 aromatic carbocycles. The number of aliphatic carboxylic acids is 2. The van der Waals surface area contributed by atoms with Crippen LogP contribution in [0.5, 0.6) is 0 Å². The van der Waals surface area contributed by atoms with Crippen LogP contribution in [0.15, 0.2) is 60.7 Å². The van der Waals surface area contributed by atoms with E-state index >= 15 is 0 Å². The first-order chi connectivity index (χ1) is 16.3. The van der Waals surface area contributed by atoms with Gasteiger partial charge in [-0.05, 0) is 24.0 Å². The molecule has 2 aromatic rings. The van der Waals surface area contributed by atoms with Crippen molar-refractivity contribution in [3.05, 3.63) is 71.8 Å². The Bertz CT molecular complexity index is 883. The molecule has 0 saturated heterocycles. The first kappa shape index (κ1) is 26.2. The van der Waals surface area contributed by atoms with Crippen molar-refractivity contribution in [3.63, 3.8) is 0 Å². The van der Waals surface area contributed by atoms with E-state index in [1.807, 2.05) is 0 Å². The summed E-state index contributed by atoms with van der Waals surface area (Å²) in [6.45, 7) is -1.55. The molecule has 0 heterocycles. The van der Waals surface area contributed by atoms with Crippen molar-refractivity contribution in [2.45, 2.75) is 32.5 Å². The number of ether oxygens (including phenoxy) is 4. The monoisotopic (exact) mass is 474 g/mol. The van der Waals surface area contributed by atoms with Crippen LogP contribution < -0.4 is 0 Å². The first-order valence-corrected chi connectivity index (χ1v) is 10.4. The largest absolute Gasteiger partial charge is 0.508 e. The SMILES string of the molecule is O=C(O)CCCC(COC(=O)OCc1ccccc1)(COC(=O)OCc1ccccc1)C(=O)O. The molecule has 0 aromatic heterocycles. The lowest BCUT2D eigenvalue weighted by Crippen LogP contribution is -2.42. The molecule has 10 heteroatoms. The molecular formula is C24H26O10. The molecule has 2 rings (SSSR count). The molecule has 0 spiro atoms. The van der Waals surface area contributed by atoms with Gasteiger partial charge >= 0.3 is 24.2 Å². The van der Waals surface area contributed by atoms with Gasteiger partial charge < -0.3 is 29.2 Å². The maximum Gasteiger partial charge on any atom is 0.508 e. The Morgan fingerprint density at radius 2 is 1.12 bits per heavy atom. The average molecular weight is 474 g/mol. The predicted molar refractivity (Wildman–Crippen MR) is 117 cm³/mol. The van der Waals surface area contributed by atoms with Gasteiger partial charge in [0, 0.05) is 6.42 Å². The molecule has 0 aliphatic carbocycles. The number of rotatable bonds is 13. The van der Waals surface area contributed by atoms with Crippen LogP contribution >= 0.6 is 0 Å². The summed E-state index contributed by atoms with van der Waals surface area (Å²) in [6.07, 6.45) is -2.82. The maximum atomic E-state index is 12.1. The smallest absolute Gasteiger partial charge is 0.481 e. The van der Waals surface area contributed by atoms with Gasteiger partial charge in [0.05, 0.1) is 0 Å². The fourth-order valence-electron chi connectivity index (χ4n) is 2.90. The van der Waals surface area contributed by atoms with Crippen molar-refractivity contribution in [2.24, 2.45) is 5.41 Å². The highest BCUT2D eigenvalue weighted by atomic mass is 16.7. The van der Waals surface area contributed by atoms with E-state index in [0.29, 0.717) is 11.1 Å². The van der Waals surface area contributed by atoms with Crippen LogP contribution in [0.3, 0.4) is 0 Å². The number of carboxylic acids is 2. The van der Waals surface area contributed by atoms with Crippen LogP contribution in [0.25, 0.3) is 0 Å². The fraction of sp³-hybridized carbons (Fsp3) is 0.333. The van der Waals surface area contributed by atoms with Crippen molar-refractivity contribution in [1.82, 2.24) is 0 Å². The highest BCUT2D eigenvalue weighted by Gasteiger charge is 2.42. The van der Waals surface area contributed by atoms with Gasteiger partial charge in [-0.1, -0.05) is 60.7 Å². The van der Waals surface area contributed by atoms with Gasteiger partial charge in [-0.2, -0.15) is 0 Å². The van der Waals surface area contributed by atoms with Gasteiger partial charge in [0.15, 0.2) is 0 Å². The lowest BCUT2D eigenvalue weighted by atomic mass is 9.84. The van der Waals surface area contributed by atoms with E-state index in [0.717, 1.165) is 0 Å². The molecule has 2 N–H and O–H groups in total. The van der Waals surface area contributed by atoms with Crippen LogP contribution in [-0.2, 0) is 41.8 Å². The van der Waals surface area contributed by atoms with Gasteiger partial charge in [0.2, 0.25) is 0 Å². The summed E-state index contributed by atoms with van der Waals surface area (Å²) in [5.74, 6) is -2.55. The van der Waals surface area contributed by atoms with Crippen LogP contribution in [0.2, 0.25) is 0 Å². The number of hydrogen-bond donors (Lipinski definition) is 2. The van der Waals surface area contributed by atoms with Crippen LogP contribution in [0.1, 0.15) is 30.4 Å². The molecule has 10 nitrogen and oxygen atoms in total. The Labute approximate surface area is 196 Å². The molecule has 34 heavy (non-hydrogen) atoms. The van der Waals surface area contributed by atoms with Crippen LogP contribution in [0.4, 0.5) is 9.59 Å². The highest BCUT2D eigenvalue weighted by molar-refractivity contribution is 5.76. The quantitative estimate of drug-likeness (QED) is 0.408. The molecule has 182 valence electrons. The van der Waals surface area contributed by atoms with Crippen molar-refractivity contribution < 1.29 is 48.3 Å². The molecule has 0 bridgehead atoms. The van der Waals surface area contributed by atoms with E-state index in [1.165, 1.54) is 0 Å². The van der Waals surface area contributed by atoms with Crippen molar-refractivity contribution >= 4 is 24.2 Å². The minimum Gasteiger partial charge on any atom is -0.481 e. The zero-order chi connectivity index (χ0) is 24.8. The number of carboxylic acid groups (broad SMARTS) is 2. The molecule has 0 atom stereocenters. The molecule has 0 aliphatic rings. The van der Waals surface area contributed by atoms with Gasteiger partial charge in [-0.3, -0.25) is 9.59 Å². The Morgan fingerprint density at radius 1 is 0.676 bits per heavy atom. The lowest BCUT2D eigenvalue weighted by Gasteiger charge is -2.27. The highest BCUT2D eigenvalue weighted by Crippen LogP contribution is 2.27. The summed E-state index contributed by atoms with van der Waals surface area (Å²) < 4.78 is 19.9. The van der Waals surface area contributed by atoms with Gasteiger partial charge in [0.1, 0.15) is 31.8 Å². The van der Waals surface area contributed by atoms with E-state index in [-0.39, 0.29) is 32.5 Å². The Morgan fingerprint density at radius 3 is 1.50 bits per heavy atom. The summed E-state index contributed by atoms with van der Waals surface area (Å²) in [4.78, 5) is 46.9. The Balaban J connectivity index is 1.96. The van der Waals surface area contributed by atoms with E-state index in [2.05, 4.69) is 0 Å². The normalized spacial score (nSPS) is 10.7. The second-order valence-corrected chi connectivity index (χ2v) is 7.46. The summed E-state index contributed by atoms with van der Waals surface area (Å²) in [5.41, 5.74) is -0.475. The number of carbonyl (C=O) groups is 4. The van der Waals surface area contributed by atoms with E-state index < -0.39 is 42.9 Å². The van der Waals surface area contributed by atoms with Crippen LogP contribution in [-0.4, -0.2) is 47.7 Å². The number of carbonyl (C=O) groups excluding carboxylic acids is 2. The van der Waals surface area contributed by atoms with Crippen molar-refractivity contribution in [2.75, 3.05) is 13.2 Å². The Hall–Kier alpha value is -4.08. The van der Waals surface area contributed by atoms with Gasteiger partial charge in [-0.15, -0.1) is 0 Å². The Kier molecular flexibility index (Phi) is 10.4. The van der Waals surface area contributed by atoms with E-state index in [1.54, 1.807) is 60.7 Å². The minimum absolute atomic E-state index is 0.0491. The molecular weight excluding hydrogens is 448 g/mol. The lowest BCUT2D eigenvalue weighted by molar-refractivity contribution is -0.157. The van der Waals surface area contributed by atoms with Crippen molar-refractivity contribution in [1.29, 1.82) is 0 Å². The summed E-state index contributed by atoms with van der Waals surface area (Å²) in [6, 6.07) is 17.6. The summed E-state index contributed by atoms with van der Waals surface area (Å²) in [5, 5.41) is 18.7. The van der Waals surface area contributed by atoms with Crippen LogP contribution in [0, 0.1) is 5.41 Å². The maximum absolute atomic E-state index is 12.1. The third kappa shape index (κ3) is 9.19. The first-order valence-electron chi connectivity index (χ1n) is 10.4. The van der Waals surface area contributed by atoms with E-state index in [9.17, 15) is 24.3 Å². The zero-order valence-electron chi connectivity index (χ0n) is 18.4. The number of benzene rings is 2. The predicted octanol–water partition coefficient (Wildman–Crippen LogP) is 4.02. The second kappa shape index (κ2) is 13.5. The average Bonchev–Trinajstić information content (AvgIpc) is 2.83. The molecule has 0 unspecified atom stereocenters.